The number of carbonyl (C=O) groups excluding carboxylic acids is 1. The van der Waals surface area contributed by atoms with Crippen LogP contribution >= 0.6 is 0 Å². The van der Waals surface area contributed by atoms with Gasteiger partial charge >= 0.3 is 0 Å². The van der Waals surface area contributed by atoms with Gasteiger partial charge in [0.05, 0.1) is 0 Å². The van der Waals surface area contributed by atoms with E-state index >= 15 is 0 Å². The predicted octanol–water partition coefficient (Wildman–Crippen LogP) is 2.49. The van der Waals surface area contributed by atoms with E-state index in [0.29, 0.717) is 18.5 Å². The molecule has 0 unspecified atom stereocenters. The Kier molecular flexibility index (Phi) is 2.79. The molecule has 0 N–H and O–H groups in total. The first-order chi connectivity index (χ1) is 8.49. The molecule has 0 radical (unpaired) electrons. The molecule has 1 saturated carbocycles. The van der Waals surface area contributed by atoms with Crippen molar-refractivity contribution in [3.63, 3.8) is 0 Å². The molecule has 1 aromatic heterocycles. The topological polar surface area (TPSA) is 33.2 Å². The molecule has 0 atom stereocenters. The fraction of sp³-hybridized carbons (Fsp3) is 0.538. The van der Waals surface area contributed by atoms with Gasteiger partial charge in [-0.15, -0.1) is 0 Å². The zero-order chi connectivity index (χ0) is 13.2. The van der Waals surface area contributed by atoms with E-state index in [0.717, 1.165) is 12.8 Å². The number of amides is 1. The van der Waals surface area contributed by atoms with Crippen LogP contribution in [0.5, 0.6) is 0 Å². The van der Waals surface area contributed by atoms with Gasteiger partial charge in [0.2, 0.25) is 0 Å². The smallest absolute Gasteiger partial charge is 0.272 e. The van der Waals surface area contributed by atoms with Crippen LogP contribution in [0.25, 0.3) is 0 Å². The molecule has 3 nitrogen and oxygen atoms in total. The lowest BCUT2D eigenvalue weighted by Gasteiger charge is -2.30. The van der Waals surface area contributed by atoms with Gasteiger partial charge in [-0.2, -0.15) is 0 Å². The van der Waals surface area contributed by atoms with Crippen molar-refractivity contribution in [3.05, 3.63) is 30.1 Å². The molecule has 1 aromatic rings. The van der Waals surface area contributed by atoms with Crippen molar-refractivity contribution in [2.24, 2.45) is 0 Å². The highest BCUT2D eigenvalue weighted by molar-refractivity contribution is 5.92. The maximum absolute atomic E-state index is 12.2. The lowest BCUT2D eigenvalue weighted by molar-refractivity contribution is 0.0690. The Hall–Kier alpha value is -1.38. The second-order valence-electron chi connectivity index (χ2n) is 4.11. The normalized spacial score (nSPS) is 22.1. The molecule has 0 bridgehead atoms. The van der Waals surface area contributed by atoms with Crippen LogP contribution in [-0.4, -0.2) is 28.9 Å². The lowest BCUT2D eigenvalue weighted by Crippen LogP contribution is -2.38. The lowest BCUT2D eigenvalue weighted by atomic mass is 9.94. The zero-order valence-corrected chi connectivity index (χ0v) is 9.52. The molecule has 16 heavy (non-hydrogen) atoms. The summed E-state index contributed by atoms with van der Waals surface area (Å²) < 4.78 is 15.4. The van der Waals surface area contributed by atoms with Gasteiger partial charge in [-0.1, -0.05) is 25.3 Å². The van der Waals surface area contributed by atoms with E-state index in [1.807, 2.05) is 0 Å². The van der Waals surface area contributed by atoms with Gasteiger partial charge in [0.25, 0.3) is 5.91 Å². The van der Waals surface area contributed by atoms with Crippen LogP contribution in [0, 0.1) is 0 Å². The third kappa shape index (κ3) is 2.40. The van der Waals surface area contributed by atoms with Gasteiger partial charge < -0.3 is 4.90 Å². The summed E-state index contributed by atoms with van der Waals surface area (Å²) in [5.41, 5.74) is 0.452. The fourth-order valence-corrected chi connectivity index (χ4v) is 2.03. The number of pyridine rings is 1. The summed E-state index contributed by atoms with van der Waals surface area (Å²) in [7, 11) is 1.78. The minimum atomic E-state index is -1.06. The molecule has 1 amide bonds. The van der Waals surface area contributed by atoms with Crippen LogP contribution in [0.3, 0.4) is 0 Å². The summed E-state index contributed by atoms with van der Waals surface area (Å²) in [6, 6.07) is 5.42. The Balaban J connectivity index is 2.00. The monoisotopic (exact) mass is 220 g/mol. The Labute approximate surface area is 99.3 Å². The van der Waals surface area contributed by atoms with E-state index < -0.39 is 6.37 Å². The number of aromatic nitrogens is 1. The van der Waals surface area contributed by atoms with Crippen LogP contribution < -0.4 is 0 Å². The third-order valence-corrected chi connectivity index (χ3v) is 3.06. The zero-order valence-electron chi connectivity index (χ0n) is 11.5. The van der Waals surface area contributed by atoms with Crippen LogP contribution in [0.2, 0.25) is 0 Å². The molecular formula is C13H18N2O. The molecule has 1 fully saturated rings. The molecule has 1 aliphatic rings. The molecule has 0 aliphatic heterocycles. The summed E-state index contributed by atoms with van der Waals surface area (Å²) in [6.45, 7) is 0. The van der Waals surface area contributed by atoms with E-state index in [2.05, 4.69) is 4.98 Å². The molecule has 1 aliphatic carbocycles. The van der Waals surface area contributed by atoms with Crippen molar-refractivity contribution in [2.45, 2.75) is 38.1 Å². The average Bonchev–Trinajstić information content (AvgIpc) is 2.38. The molecule has 2 rings (SSSR count). The number of carbonyl (C=O) groups is 1. The van der Waals surface area contributed by atoms with E-state index in [9.17, 15) is 4.79 Å². The summed E-state index contributed by atoms with van der Waals surface area (Å²) in [6.07, 6.45) is 3.05. The number of hydrogen-bond acceptors (Lipinski definition) is 2. The van der Waals surface area contributed by atoms with Crippen LogP contribution in [0.15, 0.2) is 24.4 Å². The minimum Gasteiger partial charge on any atom is -0.337 e. The van der Waals surface area contributed by atoms with Crippen molar-refractivity contribution in [2.75, 3.05) is 7.05 Å². The molecule has 0 aromatic carbocycles. The van der Waals surface area contributed by atoms with E-state index in [4.69, 9.17) is 2.74 Å². The van der Waals surface area contributed by atoms with Gasteiger partial charge in [0.15, 0.2) is 0 Å². The third-order valence-electron chi connectivity index (χ3n) is 3.06. The fourth-order valence-electron chi connectivity index (χ4n) is 2.03. The second kappa shape index (κ2) is 5.10. The molecule has 1 heterocycles. The Morgan fingerprint density at radius 1 is 1.50 bits per heavy atom. The van der Waals surface area contributed by atoms with Crippen molar-refractivity contribution >= 4 is 5.91 Å². The summed E-state index contributed by atoms with van der Waals surface area (Å²) >= 11 is 0. The summed E-state index contributed by atoms with van der Waals surface area (Å²) in [5.74, 6) is -0.0805. The van der Waals surface area contributed by atoms with Gasteiger partial charge in [-0.25, -0.2) is 0 Å². The average molecular weight is 220 g/mol. The Bertz CT molecular complexity index is 412. The Morgan fingerprint density at radius 3 is 2.88 bits per heavy atom. The second-order valence-corrected chi connectivity index (χ2v) is 4.11. The van der Waals surface area contributed by atoms with E-state index in [-0.39, 0.29) is 11.9 Å². The summed E-state index contributed by atoms with van der Waals surface area (Å²) in [4.78, 5) is 17.9. The SMILES string of the molecule is [2H]C1([2H])CCC(N(C)C(=O)c2ccccn2)CC1. The summed E-state index contributed by atoms with van der Waals surface area (Å²) in [5, 5.41) is 0. The first-order valence-corrected chi connectivity index (χ1v) is 5.68. The molecule has 86 valence electrons. The van der Waals surface area contributed by atoms with Gasteiger partial charge in [-0.05, 0) is 25.0 Å². The highest BCUT2D eigenvalue weighted by Gasteiger charge is 2.23. The van der Waals surface area contributed by atoms with Crippen LogP contribution in [0.1, 0.15) is 45.3 Å². The number of nitrogens with zero attached hydrogens (tertiary/aromatic N) is 2. The molecule has 0 spiro atoms. The molecular weight excluding hydrogens is 200 g/mol. The van der Waals surface area contributed by atoms with E-state index in [1.54, 1.807) is 36.3 Å². The quantitative estimate of drug-likeness (QED) is 0.767. The maximum Gasteiger partial charge on any atom is 0.272 e. The Morgan fingerprint density at radius 2 is 2.25 bits per heavy atom. The van der Waals surface area contributed by atoms with Crippen molar-refractivity contribution in [3.8, 4) is 0 Å². The van der Waals surface area contributed by atoms with Gasteiger partial charge in [0.1, 0.15) is 5.69 Å². The largest absolute Gasteiger partial charge is 0.337 e. The van der Waals surface area contributed by atoms with Crippen molar-refractivity contribution in [1.82, 2.24) is 9.88 Å². The van der Waals surface area contributed by atoms with Crippen LogP contribution in [0.4, 0.5) is 0 Å². The van der Waals surface area contributed by atoms with Crippen molar-refractivity contribution in [1.29, 1.82) is 0 Å². The predicted molar refractivity (Wildman–Crippen MR) is 63.2 cm³/mol. The molecule has 3 heteroatoms. The maximum atomic E-state index is 12.2. The first-order valence-electron chi connectivity index (χ1n) is 6.68. The van der Waals surface area contributed by atoms with Crippen LogP contribution in [-0.2, 0) is 0 Å². The number of rotatable bonds is 2. The highest BCUT2D eigenvalue weighted by atomic mass is 16.2. The van der Waals surface area contributed by atoms with Gasteiger partial charge in [0, 0.05) is 22.0 Å². The van der Waals surface area contributed by atoms with Crippen molar-refractivity contribution < 1.29 is 7.54 Å². The number of hydrogen-bond donors (Lipinski definition) is 0. The van der Waals surface area contributed by atoms with E-state index in [1.165, 1.54) is 0 Å². The first kappa shape index (κ1) is 8.74. The standard InChI is InChI=1S/C13H18N2O/c1-15(11-7-3-2-4-8-11)13(16)12-9-5-6-10-14-12/h5-6,9-11H,2-4,7-8H2,1H3/i2D2. The highest BCUT2D eigenvalue weighted by Crippen LogP contribution is 2.22. The van der Waals surface area contributed by atoms with Gasteiger partial charge in [-0.3, -0.25) is 9.78 Å². The minimum absolute atomic E-state index is 0.0805. The molecule has 0 saturated heterocycles.